The second-order valence-electron chi connectivity index (χ2n) is 7.83. The minimum absolute atomic E-state index is 0.780. The third-order valence-electron chi connectivity index (χ3n) is 6.26. The van der Waals surface area contributed by atoms with E-state index in [-0.39, 0.29) is 0 Å². The molecule has 0 atom stereocenters. The smallest absolute Gasteiger partial charge is 0.0643 e. The molecule has 0 aromatic rings. The molecule has 22 heavy (non-hydrogen) atoms. The summed E-state index contributed by atoms with van der Waals surface area (Å²) >= 11 is 0. The summed E-state index contributed by atoms with van der Waals surface area (Å²) in [5.74, 6) is 4.00. The van der Waals surface area contributed by atoms with E-state index in [9.17, 15) is 0 Å². The van der Waals surface area contributed by atoms with Gasteiger partial charge >= 0.3 is 0 Å². The van der Waals surface area contributed by atoms with Gasteiger partial charge in [-0.05, 0) is 62.2 Å². The fourth-order valence-corrected chi connectivity index (χ4v) is 4.78. The number of methoxy groups -OCH3 is 1. The van der Waals surface area contributed by atoms with E-state index in [1.807, 2.05) is 0 Å². The first kappa shape index (κ1) is 18.0. The van der Waals surface area contributed by atoms with E-state index in [0.717, 1.165) is 30.3 Å². The minimum Gasteiger partial charge on any atom is -0.381 e. The first-order chi connectivity index (χ1) is 10.8. The molecule has 2 aliphatic rings. The molecule has 0 unspecified atom stereocenters. The Labute approximate surface area is 138 Å². The van der Waals surface area contributed by atoms with Crippen LogP contribution in [-0.4, -0.2) is 13.7 Å². The Morgan fingerprint density at radius 3 is 2.09 bits per heavy atom. The maximum absolute atomic E-state index is 5.11. The van der Waals surface area contributed by atoms with Crippen LogP contribution in [0.3, 0.4) is 0 Å². The van der Waals surface area contributed by atoms with Gasteiger partial charge in [0.25, 0.3) is 0 Å². The quantitative estimate of drug-likeness (QED) is 0.373. The van der Waals surface area contributed by atoms with Crippen LogP contribution >= 0.6 is 0 Å². The molecule has 0 N–H and O–H groups in total. The molecule has 128 valence electrons. The van der Waals surface area contributed by atoms with Crippen LogP contribution in [0, 0.1) is 23.7 Å². The molecule has 0 aliphatic heterocycles. The van der Waals surface area contributed by atoms with E-state index in [0.29, 0.717) is 0 Å². The fourth-order valence-electron chi connectivity index (χ4n) is 4.78. The van der Waals surface area contributed by atoms with Crippen molar-refractivity contribution in [3.05, 3.63) is 12.2 Å². The van der Waals surface area contributed by atoms with Gasteiger partial charge in [0.05, 0.1) is 6.61 Å². The number of allylic oxidation sites excluding steroid dienone is 1. The van der Waals surface area contributed by atoms with Gasteiger partial charge in [-0.3, -0.25) is 0 Å². The highest BCUT2D eigenvalue weighted by molar-refractivity contribution is 4.92. The van der Waals surface area contributed by atoms with Gasteiger partial charge in [0, 0.05) is 7.11 Å². The minimum atomic E-state index is 0.780. The summed E-state index contributed by atoms with van der Waals surface area (Å²) in [5, 5.41) is 0. The molecular formula is C21H38O. The molecule has 0 spiro atoms. The number of hydrogen-bond donors (Lipinski definition) is 0. The zero-order valence-electron chi connectivity index (χ0n) is 15.1. The maximum Gasteiger partial charge on any atom is 0.0643 e. The molecule has 0 aromatic carbocycles. The average Bonchev–Trinajstić information content (AvgIpc) is 2.57. The zero-order chi connectivity index (χ0) is 15.6. The maximum atomic E-state index is 5.11. The molecule has 0 bridgehead atoms. The topological polar surface area (TPSA) is 9.23 Å². The van der Waals surface area contributed by atoms with Crippen LogP contribution in [0.4, 0.5) is 0 Å². The zero-order valence-corrected chi connectivity index (χ0v) is 15.1. The van der Waals surface area contributed by atoms with Crippen LogP contribution in [0.15, 0.2) is 12.2 Å². The SMILES string of the molecule is CCCCC[C@H]1CC[C@H]([C@H]2CC[C@H](/C=C/COC)CC2)CC1. The largest absolute Gasteiger partial charge is 0.381 e. The summed E-state index contributed by atoms with van der Waals surface area (Å²) in [7, 11) is 1.78. The van der Waals surface area contributed by atoms with E-state index in [2.05, 4.69) is 19.1 Å². The Morgan fingerprint density at radius 2 is 1.50 bits per heavy atom. The number of hydrogen-bond acceptors (Lipinski definition) is 1. The van der Waals surface area contributed by atoms with Gasteiger partial charge in [-0.15, -0.1) is 0 Å². The van der Waals surface area contributed by atoms with Crippen molar-refractivity contribution in [3.63, 3.8) is 0 Å². The molecule has 0 radical (unpaired) electrons. The molecule has 2 aliphatic carbocycles. The molecular weight excluding hydrogens is 268 g/mol. The third kappa shape index (κ3) is 6.07. The second kappa shape index (κ2) is 10.5. The van der Waals surface area contributed by atoms with Crippen molar-refractivity contribution in [1.29, 1.82) is 0 Å². The van der Waals surface area contributed by atoms with Gasteiger partial charge in [-0.1, -0.05) is 57.6 Å². The van der Waals surface area contributed by atoms with Gasteiger partial charge in [0.2, 0.25) is 0 Å². The highest BCUT2D eigenvalue weighted by Crippen LogP contribution is 2.42. The van der Waals surface area contributed by atoms with Crippen molar-refractivity contribution in [2.75, 3.05) is 13.7 Å². The Balaban J connectivity index is 1.62. The molecule has 0 amide bonds. The lowest BCUT2D eigenvalue weighted by atomic mass is 9.68. The molecule has 1 nitrogen and oxygen atoms in total. The normalized spacial score (nSPS) is 33.4. The monoisotopic (exact) mass is 306 g/mol. The Morgan fingerprint density at radius 1 is 0.864 bits per heavy atom. The van der Waals surface area contributed by atoms with Gasteiger partial charge in [0.1, 0.15) is 0 Å². The predicted octanol–water partition coefficient (Wildman–Crippen LogP) is 6.38. The lowest BCUT2D eigenvalue weighted by Gasteiger charge is -2.37. The second-order valence-corrected chi connectivity index (χ2v) is 7.83. The Kier molecular flexibility index (Phi) is 8.59. The first-order valence-corrected chi connectivity index (χ1v) is 9.99. The summed E-state index contributed by atoms with van der Waals surface area (Å²) in [6, 6.07) is 0. The van der Waals surface area contributed by atoms with Crippen molar-refractivity contribution in [3.8, 4) is 0 Å². The third-order valence-corrected chi connectivity index (χ3v) is 6.26. The molecule has 2 saturated carbocycles. The van der Waals surface area contributed by atoms with Crippen LogP contribution in [-0.2, 0) is 4.74 Å². The van der Waals surface area contributed by atoms with E-state index in [4.69, 9.17) is 4.74 Å². The standard InChI is InChI=1S/C21H38O/c1-3-4-5-7-18-9-13-20(14-10-18)21-15-11-19(12-16-21)8-6-17-22-2/h6,8,18-21H,3-5,7,9-17H2,1-2H3/b8-6+/t18-,19-,20-,21-. The van der Waals surface area contributed by atoms with Gasteiger partial charge < -0.3 is 4.74 Å². The first-order valence-electron chi connectivity index (χ1n) is 9.99. The molecule has 1 heteroatoms. The lowest BCUT2D eigenvalue weighted by molar-refractivity contribution is 0.151. The molecule has 0 heterocycles. The van der Waals surface area contributed by atoms with Gasteiger partial charge in [-0.25, -0.2) is 0 Å². The van der Waals surface area contributed by atoms with E-state index in [1.165, 1.54) is 77.0 Å². The Bertz CT molecular complexity index is 293. The van der Waals surface area contributed by atoms with E-state index < -0.39 is 0 Å². The van der Waals surface area contributed by atoms with Crippen LogP contribution < -0.4 is 0 Å². The average molecular weight is 307 g/mol. The number of ether oxygens (including phenoxy) is 1. The number of rotatable bonds is 8. The van der Waals surface area contributed by atoms with Crippen LogP contribution in [0.5, 0.6) is 0 Å². The molecule has 2 fully saturated rings. The summed E-state index contributed by atoms with van der Waals surface area (Å²) in [6.07, 6.45) is 22.3. The van der Waals surface area contributed by atoms with Crippen molar-refractivity contribution < 1.29 is 4.74 Å². The van der Waals surface area contributed by atoms with Gasteiger partial charge in [0.15, 0.2) is 0 Å². The van der Waals surface area contributed by atoms with Crippen LogP contribution in [0.1, 0.15) is 84.0 Å². The summed E-state index contributed by atoms with van der Waals surface area (Å²) in [6.45, 7) is 3.10. The summed E-state index contributed by atoms with van der Waals surface area (Å²) < 4.78 is 5.11. The molecule has 0 aromatic heterocycles. The Hall–Kier alpha value is -0.300. The van der Waals surface area contributed by atoms with Crippen molar-refractivity contribution in [2.45, 2.75) is 84.0 Å². The lowest BCUT2D eigenvalue weighted by Crippen LogP contribution is -2.25. The van der Waals surface area contributed by atoms with Gasteiger partial charge in [-0.2, -0.15) is 0 Å². The molecule has 2 rings (SSSR count). The molecule has 0 saturated heterocycles. The van der Waals surface area contributed by atoms with Crippen molar-refractivity contribution in [1.82, 2.24) is 0 Å². The van der Waals surface area contributed by atoms with Crippen molar-refractivity contribution in [2.24, 2.45) is 23.7 Å². The predicted molar refractivity (Wildman–Crippen MR) is 96.1 cm³/mol. The highest BCUT2D eigenvalue weighted by atomic mass is 16.5. The van der Waals surface area contributed by atoms with E-state index in [1.54, 1.807) is 7.11 Å². The van der Waals surface area contributed by atoms with Crippen molar-refractivity contribution >= 4 is 0 Å². The fraction of sp³-hybridized carbons (Fsp3) is 0.905. The summed E-state index contributed by atoms with van der Waals surface area (Å²) in [4.78, 5) is 0. The highest BCUT2D eigenvalue weighted by Gasteiger charge is 2.30. The number of unbranched alkanes of at least 4 members (excludes halogenated alkanes) is 2. The summed E-state index contributed by atoms with van der Waals surface area (Å²) in [5.41, 5.74) is 0. The van der Waals surface area contributed by atoms with E-state index >= 15 is 0 Å². The van der Waals surface area contributed by atoms with Crippen LogP contribution in [0.25, 0.3) is 0 Å². The van der Waals surface area contributed by atoms with Crippen LogP contribution in [0.2, 0.25) is 0 Å².